The third-order valence-corrected chi connectivity index (χ3v) is 4.55. The quantitative estimate of drug-likeness (QED) is 0.651. The molecule has 1 aromatic carbocycles. The van der Waals surface area contributed by atoms with E-state index in [1.54, 1.807) is 0 Å². The maximum absolute atomic E-state index is 5.90. The molecule has 0 unspecified atom stereocenters. The van der Waals surface area contributed by atoms with Crippen molar-refractivity contribution < 1.29 is 0 Å². The van der Waals surface area contributed by atoms with Crippen LogP contribution in [-0.4, -0.2) is 20.2 Å². The van der Waals surface area contributed by atoms with Crippen LogP contribution >= 0.6 is 11.6 Å². The molecule has 0 spiro atoms. The van der Waals surface area contributed by atoms with Crippen LogP contribution in [0.1, 0.15) is 33.8 Å². The van der Waals surface area contributed by atoms with Crippen LogP contribution in [0.2, 0.25) is 0 Å². The Balaban J connectivity index is 2.30. The van der Waals surface area contributed by atoms with Crippen molar-refractivity contribution in [2.45, 2.75) is 41.0 Å². The molecule has 0 saturated heterocycles. The summed E-state index contributed by atoms with van der Waals surface area (Å²) < 4.78 is 2.09. The lowest BCUT2D eigenvalue weighted by atomic mass is 9.97. The lowest BCUT2D eigenvalue weighted by Crippen LogP contribution is -2.01. The molecular formula is C19H22ClN3. The van der Waals surface area contributed by atoms with Crippen molar-refractivity contribution in [3.63, 3.8) is 0 Å². The van der Waals surface area contributed by atoms with Gasteiger partial charge in [-0.1, -0.05) is 17.7 Å². The Bertz CT molecular complexity index is 870. The maximum Gasteiger partial charge on any atom is 0.165 e. The Morgan fingerprint density at radius 2 is 1.65 bits per heavy atom. The fourth-order valence-electron chi connectivity index (χ4n) is 3.34. The van der Waals surface area contributed by atoms with Gasteiger partial charge in [0.1, 0.15) is 11.5 Å². The molecule has 2 aromatic heterocycles. The van der Waals surface area contributed by atoms with Gasteiger partial charge in [-0.05, 0) is 57.7 Å². The third-order valence-electron chi connectivity index (χ3n) is 4.36. The first kappa shape index (κ1) is 16.0. The first-order chi connectivity index (χ1) is 10.9. The van der Waals surface area contributed by atoms with Crippen LogP contribution < -0.4 is 0 Å². The highest BCUT2D eigenvalue weighted by Gasteiger charge is 2.17. The molecule has 3 nitrogen and oxygen atoms in total. The smallest absolute Gasteiger partial charge is 0.165 e. The molecule has 0 radical (unpaired) electrons. The third kappa shape index (κ3) is 2.74. The van der Waals surface area contributed by atoms with Crippen LogP contribution in [0.4, 0.5) is 0 Å². The van der Waals surface area contributed by atoms with Gasteiger partial charge < -0.3 is 0 Å². The van der Waals surface area contributed by atoms with Crippen LogP contribution in [0, 0.1) is 34.6 Å². The van der Waals surface area contributed by atoms with E-state index in [-0.39, 0.29) is 0 Å². The average Bonchev–Trinajstić information content (AvgIpc) is 2.75. The lowest BCUT2D eigenvalue weighted by Gasteiger charge is -2.10. The van der Waals surface area contributed by atoms with Crippen molar-refractivity contribution in [3.05, 3.63) is 52.1 Å². The van der Waals surface area contributed by atoms with E-state index in [2.05, 4.69) is 43.5 Å². The second-order valence-electron chi connectivity index (χ2n) is 6.27. The van der Waals surface area contributed by atoms with Crippen LogP contribution in [-0.2, 0) is 6.42 Å². The molecule has 2 heterocycles. The van der Waals surface area contributed by atoms with Gasteiger partial charge in [0.05, 0.1) is 0 Å². The Labute approximate surface area is 142 Å². The molecule has 0 N–H and O–H groups in total. The molecule has 0 aliphatic heterocycles. The minimum atomic E-state index is 0.602. The topological polar surface area (TPSA) is 30.2 Å². The normalized spacial score (nSPS) is 11.4. The minimum Gasteiger partial charge on any atom is -0.288 e. The van der Waals surface area contributed by atoms with Crippen LogP contribution in [0.5, 0.6) is 0 Å². The number of aryl methyl sites for hydroxylation is 6. The van der Waals surface area contributed by atoms with Gasteiger partial charge in [-0.15, -0.1) is 11.6 Å². The number of alkyl halides is 1. The molecule has 23 heavy (non-hydrogen) atoms. The van der Waals surface area contributed by atoms with Gasteiger partial charge >= 0.3 is 0 Å². The number of aromatic nitrogens is 3. The van der Waals surface area contributed by atoms with Gasteiger partial charge in [0.15, 0.2) is 5.65 Å². The Morgan fingerprint density at radius 1 is 1.00 bits per heavy atom. The first-order valence-corrected chi connectivity index (χ1v) is 8.45. The summed E-state index contributed by atoms with van der Waals surface area (Å²) in [6, 6.07) is 4.41. The zero-order chi connectivity index (χ0) is 16.7. The van der Waals surface area contributed by atoms with Crippen molar-refractivity contribution >= 4 is 17.2 Å². The molecule has 120 valence electrons. The highest BCUT2D eigenvalue weighted by atomic mass is 35.5. The molecular weight excluding hydrogens is 306 g/mol. The summed E-state index contributed by atoms with van der Waals surface area (Å²) in [5.74, 6) is 1.56. The number of hydrogen-bond donors (Lipinski definition) is 0. The van der Waals surface area contributed by atoms with Crippen LogP contribution in [0.25, 0.3) is 16.9 Å². The summed E-state index contributed by atoms with van der Waals surface area (Å²) >= 11 is 5.90. The van der Waals surface area contributed by atoms with E-state index in [4.69, 9.17) is 21.6 Å². The van der Waals surface area contributed by atoms with Crippen molar-refractivity contribution in [1.29, 1.82) is 0 Å². The van der Waals surface area contributed by atoms with Gasteiger partial charge in [-0.2, -0.15) is 0 Å². The largest absolute Gasteiger partial charge is 0.288 e. The second kappa shape index (κ2) is 5.97. The molecule has 0 fully saturated rings. The van der Waals surface area contributed by atoms with Gasteiger partial charge in [-0.3, -0.25) is 4.40 Å². The predicted octanol–water partition coefficient (Wildman–Crippen LogP) is 4.72. The summed E-state index contributed by atoms with van der Waals surface area (Å²) in [4.78, 5) is 9.66. The number of nitrogens with zero attached hydrogens (tertiary/aromatic N) is 3. The summed E-state index contributed by atoms with van der Waals surface area (Å²) in [6.45, 7) is 10.5. The second-order valence-corrected chi connectivity index (χ2v) is 6.64. The van der Waals surface area contributed by atoms with Gasteiger partial charge in [0.2, 0.25) is 0 Å². The van der Waals surface area contributed by atoms with Crippen molar-refractivity contribution in [3.8, 4) is 11.3 Å². The number of benzene rings is 1. The van der Waals surface area contributed by atoms with Crippen molar-refractivity contribution in [2.75, 3.05) is 5.88 Å². The molecule has 0 amide bonds. The lowest BCUT2D eigenvalue weighted by molar-refractivity contribution is 0.957. The van der Waals surface area contributed by atoms with Crippen molar-refractivity contribution in [2.24, 2.45) is 0 Å². The molecule has 3 aromatic rings. The fraction of sp³-hybridized carbons (Fsp3) is 0.368. The molecule has 0 bridgehead atoms. The van der Waals surface area contributed by atoms with E-state index in [1.807, 2.05) is 13.8 Å². The SMILES string of the molecule is Cc1cc(C)c(-c2nc(C)n3cc(CCCl)c(C)nc23)c(C)c1. The molecule has 0 saturated carbocycles. The van der Waals surface area contributed by atoms with E-state index < -0.39 is 0 Å². The van der Waals surface area contributed by atoms with E-state index in [0.29, 0.717) is 5.88 Å². The fourth-order valence-corrected chi connectivity index (χ4v) is 3.55. The van der Waals surface area contributed by atoms with E-state index in [9.17, 15) is 0 Å². The standard InChI is InChI=1S/C19H22ClN3/c1-11-8-12(2)17(13(3)9-11)18-19-21-14(4)16(6-7-20)10-23(19)15(5)22-18/h8-10H,6-7H2,1-5H3. The summed E-state index contributed by atoms with van der Waals surface area (Å²) in [5.41, 5.74) is 9.05. The van der Waals surface area contributed by atoms with E-state index in [1.165, 1.54) is 27.8 Å². The number of rotatable bonds is 3. The Kier molecular flexibility index (Phi) is 4.15. The van der Waals surface area contributed by atoms with Gasteiger partial charge in [0.25, 0.3) is 0 Å². The predicted molar refractivity (Wildman–Crippen MR) is 96.5 cm³/mol. The number of halogens is 1. The van der Waals surface area contributed by atoms with Gasteiger partial charge in [-0.25, -0.2) is 9.97 Å². The van der Waals surface area contributed by atoms with E-state index in [0.717, 1.165) is 29.3 Å². The van der Waals surface area contributed by atoms with E-state index >= 15 is 0 Å². The summed E-state index contributed by atoms with van der Waals surface area (Å²) in [5, 5.41) is 0. The van der Waals surface area contributed by atoms with Crippen LogP contribution in [0.15, 0.2) is 18.3 Å². The molecule has 4 heteroatoms. The Morgan fingerprint density at radius 3 is 2.26 bits per heavy atom. The Hall–Kier alpha value is -1.87. The zero-order valence-corrected chi connectivity index (χ0v) is 15.1. The maximum atomic E-state index is 5.90. The van der Waals surface area contributed by atoms with Gasteiger partial charge in [0, 0.05) is 23.3 Å². The molecule has 0 atom stereocenters. The van der Waals surface area contributed by atoms with Crippen LogP contribution in [0.3, 0.4) is 0 Å². The number of hydrogen-bond acceptors (Lipinski definition) is 2. The van der Waals surface area contributed by atoms with Crippen molar-refractivity contribution in [1.82, 2.24) is 14.4 Å². The molecule has 3 rings (SSSR count). The summed E-state index contributed by atoms with van der Waals surface area (Å²) in [6.07, 6.45) is 2.95. The minimum absolute atomic E-state index is 0.602. The average molecular weight is 328 g/mol. The first-order valence-electron chi connectivity index (χ1n) is 7.91. The highest BCUT2D eigenvalue weighted by Crippen LogP contribution is 2.31. The summed E-state index contributed by atoms with van der Waals surface area (Å²) in [7, 11) is 0. The number of imidazole rings is 1. The monoisotopic (exact) mass is 327 g/mol. The molecule has 0 aliphatic carbocycles. The number of fused-ring (bicyclic) bond motifs is 1. The molecule has 0 aliphatic rings. The zero-order valence-electron chi connectivity index (χ0n) is 14.4. The highest BCUT2D eigenvalue weighted by molar-refractivity contribution is 6.18.